The van der Waals surface area contributed by atoms with Gasteiger partial charge in [0.25, 0.3) is 0 Å². The molecule has 0 amide bonds. The monoisotopic (exact) mass is 299 g/mol. The normalized spacial score (nSPS) is 18.1. The molecule has 0 radical (unpaired) electrons. The minimum Gasteiger partial charge on any atom is -0.369 e. The molecule has 5 nitrogen and oxygen atoms in total. The number of guanidine groups is 2. The Morgan fingerprint density at radius 1 is 0.952 bits per heavy atom. The molecule has 0 aliphatic carbocycles. The van der Waals surface area contributed by atoms with Gasteiger partial charge in [-0.05, 0) is 29.8 Å². The molecule has 2 aromatic carbocycles. The second-order valence-electron chi connectivity index (χ2n) is 4.59. The average molecular weight is 300 g/mol. The second-order valence-corrected chi connectivity index (χ2v) is 5.02. The molecule has 3 rings (SSSR count). The quantitative estimate of drug-likeness (QED) is 0.894. The maximum Gasteiger partial charge on any atom is 0.221 e. The van der Waals surface area contributed by atoms with Gasteiger partial charge in [-0.1, -0.05) is 41.9 Å². The summed E-state index contributed by atoms with van der Waals surface area (Å²) in [5.74, 6) is 0.477. The molecule has 1 heterocycles. The Kier molecular flexibility index (Phi) is 3.50. The van der Waals surface area contributed by atoms with Gasteiger partial charge in [-0.2, -0.15) is 4.99 Å². The molecule has 1 aliphatic heterocycles. The van der Waals surface area contributed by atoms with Crippen molar-refractivity contribution in [1.82, 2.24) is 0 Å². The first-order chi connectivity index (χ1) is 10.1. The summed E-state index contributed by atoms with van der Waals surface area (Å²) in [7, 11) is 0. The van der Waals surface area contributed by atoms with Crippen LogP contribution in [0.25, 0.3) is 0 Å². The van der Waals surface area contributed by atoms with Crippen LogP contribution in [-0.4, -0.2) is 11.9 Å². The summed E-state index contributed by atoms with van der Waals surface area (Å²) in [5.41, 5.74) is 13.6. The molecule has 0 unspecified atom stereocenters. The van der Waals surface area contributed by atoms with Crippen LogP contribution in [0.3, 0.4) is 0 Å². The molecule has 0 spiro atoms. The highest BCUT2D eigenvalue weighted by Crippen LogP contribution is 2.30. The predicted molar refractivity (Wildman–Crippen MR) is 86.4 cm³/mol. The zero-order valence-corrected chi connectivity index (χ0v) is 11.9. The van der Waals surface area contributed by atoms with Gasteiger partial charge in [0.2, 0.25) is 11.9 Å². The Morgan fingerprint density at radius 3 is 2.29 bits per heavy atom. The molecular formula is C15H14ClN5. The molecule has 0 saturated carbocycles. The lowest BCUT2D eigenvalue weighted by atomic mass is 10.1. The summed E-state index contributed by atoms with van der Waals surface area (Å²) >= 11 is 5.94. The number of nitrogens with two attached hydrogens (primary N) is 2. The van der Waals surface area contributed by atoms with Crippen LogP contribution in [0.15, 0.2) is 64.6 Å². The van der Waals surface area contributed by atoms with Crippen molar-refractivity contribution in [3.05, 3.63) is 65.2 Å². The van der Waals surface area contributed by atoms with Gasteiger partial charge in [0, 0.05) is 10.7 Å². The fraction of sp³-hybridized carbons (Fsp3) is 0.0667. The molecule has 106 valence electrons. The molecule has 6 heteroatoms. The van der Waals surface area contributed by atoms with E-state index in [0.717, 1.165) is 11.3 Å². The van der Waals surface area contributed by atoms with Crippen molar-refractivity contribution in [2.45, 2.75) is 6.17 Å². The number of hydrogen-bond donors (Lipinski definition) is 2. The lowest BCUT2D eigenvalue weighted by molar-refractivity contribution is 0.736. The summed E-state index contributed by atoms with van der Waals surface area (Å²) in [6, 6.07) is 17.1. The Labute approximate surface area is 127 Å². The van der Waals surface area contributed by atoms with Crippen molar-refractivity contribution < 1.29 is 0 Å². The van der Waals surface area contributed by atoms with Gasteiger partial charge < -0.3 is 11.5 Å². The molecule has 1 aliphatic rings. The number of benzene rings is 2. The first kappa shape index (κ1) is 13.5. The van der Waals surface area contributed by atoms with Crippen molar-refractivity contribution in [2.75, 3.05) is 4.90 Å². The van der Waals surface area contributed by atoms with E-state index in [1.165, 1.54) is 0 Å². The number of nitrogens with zero attached hydrogens (tertiary/aromatic N) is 3. The molecule has 1 atom stereocenters. The Bertz CT molecular complexity index is 694. The zero-order valence-electron chi connectivity index (χ0n) is 11.1. The van der Waals surface area contributed by atoms with E-state index < -0.39 is 0 Å². The molecule has 2 aromatic rings. The predicted octanol–water partition coefficient (Wildman–Crippen LogP) is 2.49. The third-order valence-electron chi connectivity index (χ3n) is 3.18. The maximum absolute atomic E-state index is 6.05. The average Bonchev–Trinajstić information content (AvgIpc) is 2.49. The van der Waals surface area contributed by atoms with Gasteiger partial charge in [-0.15, -0.1) is 0 Å². The van der Waals surface area contributed by atoms with E-state index in [0.29, 0.717) is 11.0 Å². The van der Waals surface area contributed by atoms with Crippen LogP contribution < -0.4 is 16.4 Å². The van der Waals surface area contributed by atoms with Crippen LogP contribution in [0.1, 0.15) is 11.7 Å². The van der Waals surface area contributed by atoms with Gasteiger partial charge in [-0.25, -0.2) is 4.99 Å². The highest BCUT2D eigenvalue weighted by atomic mass is 35.5. The number of hydrogen-bond acceptors (Lipinski definition) is 5. The summed E-state index contributed by atoms with van der Waals surface area (Å²) < 4.78 is 0. The summed E-state index contributed by atoms with van der Waals surface area (Å²) in [4.78, 5) is 10.3. The zero-order chi connectivity index (χ0) is 14.8. The molecule has 0 aromatic heterocycles. The molecule has 0 bridgehead atoms. The van der Waals surface area contributed by atoms with E-state index in [4.69, 9.17) is 23.1 Å². The van der Waals surface area contributed by atoms with Gasteiger partial charge in [0.15, 0.2) is 6.17 Å². The Morgan fingerprint density at radius 2 is 1.62 bits per heavy atom. The van der Waals surface area contributed by atoms with Gasteiger partial charge >= 0.3 is 0 Å². The SMILES string of the molecule is NC1=N[C@@H](c2ccccc2)N(c2ccc(Cl)cc2)C(N)=N1. The van der Waals surface area contributed by atoms with E-state index in [2.05, 4.69) is 9.98 Å². The van der Waals surface area contributed by atoms with Crippen LogP contribution in [0.4, 0.5) is 5.69 Å². The van der Waals surface area contributed by atoms with Crippen LogP contribution in [-0.2, 0) is 0 Å². The first-order valence-corrected chi connectivity index (χ1v) is 6.80. The van der Waals surface area contributed by atoms with Crippen molar-refractivity contribution in [3.63, 3.8) is 0 Å². The molecule has 0 fully saturated rings. The van der Waals surface area contributed by atoms with E-state index in [1.54, 1.807) is 12.1 Å². The molecule has 0 saturated heterocycles. The van der Waals surface area contributed by atoms with Gasteiger partial charge in [0.1, 0.15) is 0 Å². The lowest BCUT2D eigenvalue weighted by Crippen LogP contribution is -2.44. The van der Waals surface area contributed by atoms with Crippen LogP contribution in [0.5, 0.6) is 0 Å². The van der Waals surface area contributed by atoms with E-state index in [-0.39, 0.29) is 12.1 Å². The summed E-state index contributed by atoms with van der Waals surface area (Å²) in [6.45, 7) is 0. The largest absolute Gasteiger partial charge is 0.369 e. The number of anilines is 1. The number of halogens is 1. The molecule has 21 heavy (non-hydrogen) atoms. The highest BCUT2D eigenvalue weighted by molar-refractivity contribution is 6.30. The molecular weight excluding hydrogens is 286 g/mol. The second kappa shape index (κ2) is 5.46. The van der Waals surface area contributed by atoms with Crippen LogP contribution >= 0.6 is 11.6 Å². The maximum atomic E-state index is 6.05. The van der Waals surface area contributed by atoms with Gasteiger partial charge in [0.05, 0.1) is 0 Å². The first-order valence-electron chi connectivity index (χ1n) is 6.42. The van der Waals surface area contributed by atoms with Crippen LogP contribution in [0, 0.1) is 0 Å². The van der Waals surface area contributed by atoms with Gasteiger partial charge in [-0.3, -0.25) is 4.90 Å². The van der Waals surface area contributed by atoms with Crippen molar-refractivity contribution >= 4 is 29.2 Å². The summed E-state index contributed by atoms with van der Waals surface area (Å²) in [6.07, 6.45) is -0.343. The minimum absolute atomic E-state index is 0.173. The summed E-state index contributed by atoms with van der Waals surface area (Å²) in [5, 5.41) is 0.658. The number of rotatable bonds is 2. The topological polar surface area (TPSA) is 80.0 Å². The Hall–Kier alpha value is -2.53. The van der Waals surface area contributed by atoms with E-state index in [1.807, 2.05) is 47.4 Å². The third kappa shape index (κ3) is 2.68. The lowest BCUT2D eigenvalue weighted by Gasteiger charge is -2.32. The number of aliphatic imine (C=N–C) groups is 2. The highest BCUT2D eigenvalue weighted by Gasteiger charge is 2.27. The molecule has 4 N–H and O–H groups in total. The minimum atomic E-state index is -0.343. The van der Waals surface area contributed by atoms with E-state index >= 15 is 0 Å². The fourth-order valence-corrected chi connectivity index (χ4v) is 2.36. The smallest absolute Gasteiger partial charge is 0.221 e. The third-order valence-corrected chi connectivity index (χ3v) is 3.43. The van der Waals surface area contributed by atoms with Crippen molar-refractivity contribution in [3.8, 4) is 0 Å². The van der Waals surface area contributed by atoms with Crippen LogP contribution in [0.2, 0.25) is 5.02 Å². The van der Waals surface area contributed by atoms with Crippen molar-refractivity contribution in [2.24, 2.45) is 21.5 Å². The fourth-order valence-electron chi connectivity index (χ4n) is 2.23. The standard InChI is InChI=1S/C15H14ClN5/c16-11-6-8-12(9-7-11)21-13(10-4-2-1-3-5-10)19-14(17)20-15(21)18/h1-9,13H,(H4,17,18,19,20)/t13-/m1/s1. The van der Waals surface area contributed by atoms with E-state index in [9.17, 15) is 0 Å². The Balaban J connectivity index is 2.07. The van der Waals surface area contributed by atoms with Crippen molar-refractivity contribution in [1.29, 1.82) is 0 Å².